The highest BCUT2D eigenvalue weighted by Crippen LogP contribution is 2.11. The second-order valence-corrected chi connectivity index (χ2v) is 16.0. The fourth-order valence-electron chi connectivity index (χ4n) is 5.10. The maximum atomic E-state index is 13.1. The van der Waals surface area contributed by atoms with Gasteiger partial charge in [-0.2, -0.15) is 0 Å². The van der Waals surface area contributed by atoms with E-state index in [2.05, 4.69) is 15.3 Å². The topological polar surface area (TPSA) is 199 Å². The first kappa shape index (κ1) is 48.9. The maximum Gasteiger partial charge on any atom is 0.320 e. The number of ether oxygens (including phenoxy) is 6. The molecule has 0 radical (unpaired) electrons. The normalized spacial score (nSPS) is 16.4. The molecule has 0 aromatic rings. The van der Waals surface area contributed by atoms with Gasteiger partial charge in [-0.15, -0.1) is 0 Å². The Morgan fingerprint density at radius 1 is 0.537 bits per heavy atom. The number of carbonyl (C=O) groups is 4. The number of amides is 1. The van der Waals surface area contributed by atoms with Crippen LogP contribution in [0.2, 0.25) is 0 Å². The van der Waals surface area contributed by atoms with Gasteiger partial charge in [-0.1, -0.05) is 0 Å². The molecular formula is C36H69N8O10+. The minimum Gasteiger partial charge on any atom is -0.459 e. The van der Waals surface area contributed by atoms with Gasteiger partial charge in [0.25, 0.3) is 0 Å². The summed E-state index contributed by atoms with van der Waals surface area (Å²) in [4.78, 5) is 62.6. The van der Waals surface area contributed by atoms with Gasteiger partial charge < -0.3 is 33.7 Å². The lowest BCUT2D eigenvalue weighted by Crippen LogP contribution is -2.50. The number of esters is 3. The lowest BCUT2D eigenvalue weighted by atomic mass is 10.2. The molecule has 0 aromatic heterocycles. The SMILES string of the molecule is CC(C)(C)OC(=O)CN1CCN(CC(=O)NCCOCCOCCOCCN=[N+]=N)CCN(CC(=O)OC(C)(C)C)CCN(CC(=O)OC(C)(C)C)CC1. The summed E-state index contributed by atoms with van der Waals surface area (Å²) in [5.74, 6) is -1.25. The Morgan fingerprint density at radius 2 is 0.852 bits per heavy atom. The van der Waals surface area contributed by atoms with Crippen LogP contribution in [0.15, 0.2) is 5.11 Å². The van der Waals surface area contributed by atoms with E-state index in [4.69, 9.17) is 34.0 Å². The molecule has 0 unspecified atom stereocenters. The van der Waals surface area contributed by atoms with Crippen molar-refractivity contribution in [3.63, 3.8) is 0 Å². The van der Waals surface area contributed by atoms with E-state index < -0.39 is 16.8 Å². The van der Waals surface area contributed by atoms with E-state index in [1.807, 2.05) is 81.9 Å². The lowest BCUT2D eigenvalue weighted by Gasteiger charge is -2.34. The smallest absolute Gasteiger partial charge is 0.320 e. The number of nitrogens with zero attached hydrogens (tertiary/aromatic N) is 6. The van der Waals surface area contributed by atoms with Crippen LogP contribution in [-0.2, 0) is 47.6 Å². The van der Waals surface area contributed by atoms with Crippen molar-refractivity contribution >= 4 is 23.8 Å². The van der Waals surface area contributed by atoms with Crippen LogP contribution in [0.4, 0.5) is 0 Å². The molecule has 1 rings (SSSR count). The van der Waals surface area contributed by atoms with Gasteiger partial charge in [-0.25, -0.2) is 0 Å². The van der Waals surface area contributed by atoms with Gasteiger partial charge in [0.2, 0.25) is 10.8 Å². The first-order valence-electron chi connectivity index (χ1n) is 18.8. The predicted molar refractivity (Wildman–Crippen MR) is 201 cm³/mol. The van der Waals surface area contributed by atoms with Crippen molar-refractivity contribution in [3.8, 4) is 0 Å². The summed E-state index contributed by atoms with van der Waals surface area (Å²) in [5, 5.41) is 6.41. The van der Waals surface area contributed by atoms with Crippen molar-refractivity contribution in [1.82, 2.24) is 29.8 Å². The zero-order chi connectivity index (χ0) is 40.6. The quantitative estimate of drug-likeness (QED) is 0.0583. The Morgan fingerprint density at radius 3 is 1.19 bits per heavy atom. The number of carbonyl (C=O) groups excluding carboxylic acids is 4. The van der Waals surface area contributed by atoms with E-state index in [-0.39, 0.29) is 50.0 Å². The van der Waals surface area contributed by atoms with Crippen molar-refractivity contribution in [1.29, 1.82) is 5.53 Å². The number of rotatable bonds is 20. The first-order valence-corrected chi connectivity index (χ1v) is 18.8. The van der Waals surface area contributed by atoms with Crippen LogP contribution in [0, 0.1) is 5.53 Å². The third-order valence-corrected chi connectivity index (χ3v) is 7.33. The van der Waals surface area contributed by atoms with Crippen molar-refractivity contribution in [2.75, 3.05) is 131 Å². The molecule has 0 saturated carbocycles. The van der Waals surface area contributed by atoms with E-state index in [1.54, 1.807) is 0 Å². The molecule has 2 N–H and O–H groups in total. The van der Waals surface area contributed by atoms with Gasteiger partial charge >= 0.3 is 17.9 Å². The largest absolute Gasteiger partial charge is 0.459 e. The van der Waals surface area contributed by atoms with Crippen LogP contribution in [0.25, 0.3) is 0 Å². The summed E-state index contributed by atoms with van der Waals surface area (Å²) in [5.41, 5.74) is 4.67. The Labute approximate surface area is 322 Å². The fourth-order valence-corrected chi connectivity index (χ4v) is 5.10. The molecule has 1 aliphatic rings. The lowest BCUT2D eigenvalue weighted by molar-refractivity contribution is -0.158. The van der Waals surface area contributed by atoms with E-state index in [0.717, 1.165) is 0 Å². The summed E-state index contributed by atoms with van der Waals surface area (Å²) in [6, 6.07) is 0. The van der Waals surface area contributed by atoms with Gasteiger partial charge in [0.05, 0.1) is 65.8 Å². The number of nitrogens with one attached hydrogen (secondary N) is 2. The maximum absolute atomic E-state index is 13.1. The molecule has 0 bridgehead atoms. The highest BCUT2D eigenvalue weighted by Gasteiger charge is 2.26. The molecule has 1 fully saturated rings. The summed E-state index contributed by atoms with van der Waals surface area (Å²) in [6.45, 7) is 23.3. The predicted octanol–water partition coefficient (Wildman–Crippen LogP) is 0.949. The Hall–Kier alpha value is -3.09. The number of hydrogen-bond acceptors (Lipinski definition) is 16. The first-order chi connectivity index (χ1) is 25.2. The average Bonchev–Trinajstić information content (AvgIpc) is 3.01. The summed E-state index contributed by atoms with van der Waals surface area (Å²) in [6.07, 6.45) is 0. The van der Waals surface area contributed by atoms with E-state index >= 15 is 0 Å². The van der Waals surface area contributed by atoms with Crippen LogP contribution in [-0.4, -0.2) is 191 Å². The summed E-state index contributed by atoms with van der Waals surface area (Å²) >= 11 is 0. The van der Waals surface area contributed by atoms with Gasteiger partial charge in [0.1, 0.15) is 34.0 Å². The monoisotopic (exact) mass is 774 g/mol. The van der Waals surface area contributed by atoms with Gasteiger partial charge in [-0.05, 0) is 62.3 Å². The molecule has 18 heteroatoms. The minimum atomic E-state index is -0.642. The summed E-state index contributed by atoms with van der Waals surface area (Å²) in [7, 11) is 0. The third kappa shape index (κ3) is 28.4. The summed E-state index contributed by atoms with van der Waals surface area (Å²) < 4.78 is 33.2. The molecule has 18 nitrogen and oxygen atoms in total. The molecular weight excluding hydrogens is 704 g/mol. The Bertz CT molecular complexity index is 1120. The van der Waals surface area contributed by atoms with Crippen LogP contribution in [0.1, 0.15) is 62.3 Å². The zero-order valence-corrected chi connectivity index (χ0v) is 34.4. The number of hydrogen-bond donors (Lipinski definition) is 2. The zero-order valence-electron chi connectivity index (χ0n) is 34.4. The molecule has 1 amide bonds. The molecule has 0 spiro atoms. The Kier molecular flexibility index (Phi) is 23.5. The third-order valence-electron chi connectivity index (χ3n) is 7.33. The second kappa shape index (κ2) is 25.9. The minimum absolute atomic E-state index is 0.0515. The Balaban J connectivity index is 2.92. The van der Waals surface area contributed by atoms with Gasteiger partial charge in [0.15, 0.2) is 0 Å². The van der Waals surface area contributed by atoms with Gasteiger partial charge in [-0.3, -0.25) is 38.8 Å². The molecule has 0 aromatic carbocycles. The van der Waals surface area contributed by atoms with Crippen LogP contribution in [0.5, 0.6) is 0 Å². The molecule has 1 aliphatic heterocycles. The van der Waals surface area contributed by atoms with E-state index in [9.17, 15) is 19.2 Å². The van der Waals surface area contributed by atoms with Crippen molar-refractivity contribution < 1.29 is 47.6 Å². The fraction of sp³-hybridized carbons (Fsp3) is 0.889. The molecule has 0 aliphatic carbocycles. The molecule has 1 heterocycles. The second-order valence-electron chi connectivity index (χ2n) is 16.0. The van der Waals surface area contributed by atoms with Gasteiger partial charge in [0, 0.05) is 58.9 Å². The molecule has 1 saturated heterocycles. The van der Waals surface area contributed by atoms with Crippen LogP contribution < -0.4 is 10.2 Å². The van der Waals surface area contributed by atoms with Crippen molar-refractivity contribution in [2.45, 2.75) is 79.1 Å². The van der Waals surface area contributed by atoms with E-state index in [0.29, 0.717) is 105 Å². The van der Waals surface area contributed by atoms with Crippen molar-refractivity contribution in [2.24, 2.45) is 5.11 Å². The van der Waals surface area contributed by atoms with Crippen LogP contribution >= 0.6 is 0 Å². The van der Waals surface area contributed by atoms with E-state index in [1.165, 1.54) is 0 Å². The standard InChI is InChI=1S/C36H68N8O10/c1-34(2,3)52-31(46)27-42-14-12-41(26-30(45)38-10-20-49-22-24-51-25-23-50-21-11-39-40-37)13-15-43(28-32(47)53-35(4,5)6)17-19-44(18-16-42)29-33(48)54-36(7,8)9/h37H,10-29H2,1-9H3/p+1. The average molecular weight is 774 g/mol. The highest BCUT2D eigenvalue weighted by atomic mass is 16.6. The molecule has 0 atom stereocenters. The molecule has 312 valence electrons. The highest BCUT2D eigenvalue weighted by molar-refractivity contribution is 5.78. The molecule has 54 heavy (non-hydrogen) atoms. The van der Waals surface area contributed by atoms with Crippen molar-refractivity contribution in [3.05, 3.63) is 0 Å². The van der Waals surface area contributed by atoms with Crippen LogP contribution in [0.3, 0.4) is 0 Å².